The Hall–Kier alpha value is -0.120. The highest BCUT2D eigenvalue weighted by molar-refractivity contribution is 4.71. The van der Waals surface area contributed by atoms with Crippen LogP contribution in [0.2, 0.25) is 0 Å². The van der Waals surface area contributed by atoms with Crippen LogP contribution in [0.1, 0.15) is 27.2 Å². The Bertz CT molecular complexity index is 115. The van der Waals surface area contributed by atoms with Gasteiger partial charge in [0.05, 0.1) is 6.61 Å². The van der Waals surface area contributed by atoms with E-state index in [2.05, 4.69) is 26.1 Å². The Labute approximate surface area is 81.5 Å². The van der Waals surface area contributed by atoms with Crippen LogP contribution >= 0.6 is 0 Å². The number of hydrogen-bond donors (Lipinski definition) is 2. The van der Waals surface area contributed by atoms with Gasteiger partial charge in [-0.1, -0.05) is 20.8 Å². The molecule has 0 spiro atoms. The molecule has 80 valence electrons. The van der Waals surface area contributed by atoms with Gasteiger partial charge in [-0.15, -0.1) is 0 Å². The van der Waals surface area contributed by atoms with Crippen molar-refractivity contribution in [2.45, 2.75) is 33.2 Å². The summed E-state index contributed by atoms with van der Waals surface area (Å²) in [4.78, 5) is 0. The van der Waals surface area contributed by atoms with Crippen molar-refractivity contribution in [1.82, 2.24) is 5.32 Å². The molecule has 0 aromatic rings. The third-order valence-corrected chi connectivity index (χ3v) is 1.77. The Morgan fingerprint density at radius 2 is 2.00 bits per heavy atom. The number of nitrogens with one attached hydrogen (secondary N) is 1. The summed E-state index contributed by atoms with van der Waals surface area (Å²) in [7, 11) is 1.68. The lowest BCUT2D eigenvalue weighted by atomic mass is 9.96. The van der Waals surface area contributed by atoms with Gasteiger partial charge in [0, 0.05) is 26.3 Å². The molecule has 0 fully saturated rings. The van der Waals surface area contributed by atoms with E-state index in [0.717, 1.165) is 13.0 Å². The van der Waals surface area contributed by atoms with E-state index in [0.29, 0.717) is 6.61 Å². The van der Waals surface area contributed by atoms with Crippen molar-refractivity contribution in [3.8, 4) is 0 Å². The topological polar surface area (TPSA) is 41.5 Å². The highest BCUT2D eigenvalue weighted by atomic mass is 16.5. The number of aliphatic hydroxyl groups excluding tert-OH is 1. The molecular weight excluding hydrogens is 166 g/mol. The van der Waals surface area contributed by atoms with Crippen LogP contribution < -0.4 is 5.32 Å². The lowest BCUT2D eigenvalue weighted by molar-refractivity contribution is 0.143. The molecule has 3 heteroatoms. The first-order valence-corrected chi connectivity index (χ1v) is 4.83. The van der Waals surface area contributed by atoms with Crippen molar-refractivity contribution in [2.75, 3.05) is 26.9 Å². The van der Waals surface area contributed by atoms with E-state index >= 15 is 0 Å². The third-order valence-electron chi connectivity index (χ3n) is 1.77. The minimum absolute atomic E-state index is 0.213. The molecule has 0 aromatic carbocycles. The van der Waals surface area contributed by atoms with Crippen LogP contribution in [-0.2, 0) is 4.74 Å². The summed E-state index contributed by atoms with van der Waals surface area (Å²) >= 11 is 0. The Morgan fingerprint density at radius 3 is 2.38 bits per heavy atom. The maximum atomic E-state index is 8.80. The van der Waals surface area contributed by atoms with Gasteiger partial charge in [0.25, 0.3) is 0 Å². The van der Waals surface area contributed by atoms with Crippen LogP contribution in [0.25, 0.3) is 0 Å². The van der Waals surface area contributed by atoms with E-state index in [1.54, 1.807) is 7.11 Å². The van der Waals surface area contributed by atoms with Gasteiger partial charge >= 0.3 is 0 Å². The first-order valence-electron chi connectivity index (χ1n) is 4.83. The molecular formula is C10H23NO2. The van der Waals surface area contributed by atoms with E-state index < -0.39 is 0 Å². The maximum absolute atomic E-state index is 8.80. The summed E-state index contributed by atoms with van der Waals surface area (Å²) in [6.07, 6.45) is 0.754. The van der Waals surface area contributed by atoms with Crippen LogP contribution in [0.4, 0.5) is 0 Å². The second-order valence-corrected chi connectivity index (χ2v) is 4.61. The maximum Gasteiger partial charge on any atom is 0.0616 e. The lowest BCUT2D eigenvalue weighted by Gasteiger charge is -2.24. The van der Waals surface area contributed by atoms with E-state index in [-0.39, 0.29) is 18.1 Å². The molecule has 2 N–H and O–H groups in total. The van der Waals surface area contributed by atoms with E-state index in [4.69, 9.17) is 9.84 Å². The molecule has 0 aliphatic rings. The van der Waals surface area contributed by atoms with Gasteiger partial charge in [0.1, 0.15) is 0 Å². The minimum atomic E-state index is 0.213. The van der Waals surface area contributed by atoms with Gasteiger partial charge in [0.2, 0.25) is 0 Å². The van der Waals surface area contributed by atoms with Gasteiger partial charge in [0.15, 0.2) is 0 Å². The smallest absolute Gasteiger partial charge is 0.0616 e. The molecule has 1 atom stereocenters. The Morgan fingerprint density at radius 1 is 1.38 bits per heavy atom. The molecule has 13 heavy (non-hydrogen) atoms. The lowest BCUT2D eigenvalue weighted by Crippen LogP contribution is -2.39. The molecule has 0 saturated heterocycles. The summed E-state index contributed by atoms with van der Waals surface area (Å²) in [5, 5.41) is 12.2. The molecule has 3 nitrogen and oxygen atoms in total. The van der Waals surface area contributed by atoms with Crippen LogP contribution in [0, 0.1) is 5.41 Å². The molecule has 0 bridgehead atoms. The zero-order valence-corrected chi connectivity index (χ0v) is 9.26. The fraction of sp³-hybridized carbons (Fsp3) is 1.00. The van der Waals surface area contributed by atoms with Crippen molar-refractivity contribution in [2.24, 2.45) is 5.41 Å². The van der Waals surface area contributed by atoms with Gasteiger partial charge in [-0.2, -0.15) is 0 Å². The van der Waals surface area contributed by atoms with Crippen molar-refractivity contribution in [3.05, 3.63) is 0 Å². The van der Waals surface area contributed by atoms with Crippen molar-refractivity contribution in [3.63, 3.8) is 0 Å². The number of methoxy groups -OCH3 is 1. The number of rotatable bonds is 6. The SMILES string of the molecule is COCC(CCO)NCC(C)(C)C. The largest absolute Gasteiger partial charge is 0.396 e. The molecule has 0 saturated carbocycles. The van der Waals surface area contributed by atoms with E-state index in [1.807, 2.05) is 0 Å². The van der Waals surface area contributed by atoms with Crippen molar-refractivity contribution in [1.29, 1.82) is 0 Å². The third kappa shape index (κ3) is 8.22. The summed E-state index contributed by atoms with van der Waals surface area (Å²) in [5.41, 5.74) is 0.279. The van der Waals surface area contributed by atoms with Crippen molar-refractivity contribution >= 4 is 0 Å². The molecule has 0 rings (SSSR count). The van der Waals surface area contributed by atoms with Crippen LogP contribution in [-0.4, -0.2) is 38.0 Å². The zero-order chi connectivity index (χ0) is 10.3. The van der Waals surface area contributed by atoms with Gasteiger partial charge in [-0.25, -0.2) is 0 Å². The summed E-state index contributed by atoms with van der Waals surface area (Å²) in [6.45, 7) is 8.37. The Kier molecular flexibility index (Phi) is 6.29. The minimum Gasteiger partial charge on any atom is -0.396 e. The summed E-state index contributed by atoms with van der Waals surface area (Å²) < 4.78 is 5.05. The molecule has 0 aliphatic heterocycles. The molecule has 0 radical (unpaired) electrons. The van der Waals surface area contributed by atoms with Gasteiger partial charge in [-0.05, 0) is 11.8 Å². The standard InChI is InChI=1S/C10H23NO2/c1-10(2,3)8-11-9(5-6-12)7-13-4/h9,11-12H,5-8H2,1-4H3. The predicted molar refractivity (Wildman–Crippen MR) is 54.8 cm³/mol. The first kappa shape index (κ1) is 12.9. The normalized spacial score (nSPS) is 14.5. The van der Waals surface area contributed by atoms with E-state index in [1.165, 1.54) is 0 Å². The average Bonchev–Trinajstić information content (AvgIpc) is 2.00. The Balaban J connectivity index is 3.68. The summed E-state index contributed by atoms with van der Waals surface area (Å²) in [5.74, 6) is 0. The quantitative estimate of drug-likeness (QED) is 0.655. The zero-order valence-electron chi connectivity index (χ0n) is 9.26. The number of ether oxygens (including phenoxy) is 1. The van der Waals surface area contributed by atoms with Crippen LogP contribution in [0.5, 0.6) is 0 Å². The predicted octanol–water partition coefficient (Wildman–Crippen LogP) is 1.02. The molecule has 0 aliphatic carbocycles. The highest BCUT2D eigenvalue weighted by Crippen LogP contribution is 2.11. The molecule has 0 aromatic heterocycles. The average molecular weight is 189 g/mol. The van der Waals surface area contributed by atoms with Crippen molar-refractivity contribution < 1.29 is 9.84 Å². The molecule has 1 unspecified atom stereocenters. The van der Waals surface area contributed by atoms with Crippen LogP contribution in [0.3, 0.4) is 0 Å². The van der Waals surface area contributed by atoms with E-state index in [9.17, 15) is 0 Å². The summed E-state index contributed by atoms with van der Waals surface area (Å²) in [6, 6.07) is 0.272. The first-order chi connectivity index (χ1) is 5.99. The highest BCUT2D eigenvalue weighted by Gasteiger charge is 2.13. The molecule has 0 heterocycles. The monoisotopic (exact) mass is 189 g/mol. The fourth-order valence-corrected chi connectivity index (χ4v) is 1.05. The number of hydrogen-bond acceptors (Lipinski definition) is 3. The van der Waals surface area contributed by atoms with Gasteiger partial charge in [-0.3, -0.25) is 0 Å². The van der Waals surface area contributed by atoms with Crippen LogP contribution in [0.15, 0.2) is 0 Å². The second-order valence-electron chi connectivity index (χ2n) is 4.61. The fourth-order valence-electron chi connectivity index (χ4n) is 1.05. The second kappa shape index (κ2) is 6.35. The van der Waals surface area contributed by atoms with Gasteiger partial charge < -0.3 is 15.2 Å². The number of aliphatic hydroxyl groups is 1. The molecule has 0 amide bonds.